The van der Waals surface area contributed by atoms with E-state index >= 15 is 0 Å². The molecular formula is C18H30N4. The summed E-state index contributed by atoms with van der Waals surface area (Å²) in [5.41, 5.74) is 1.68. The van der Waals surface area contributed by atoms with Gasteiger partial charge in [-0.3, -0.25) is 0 Å². The third-order valence-electron chi connectivity index (χ3n) is 6.39. The first kappa shape index (κ1) is 15.6. The van der Waals surface area contributed by atoms with E-state index < -0.39 is 0 Å². The minimum atomic E-state index is 0.396. The highest BCUT2D eigenvalue weighted by Crippen LogP contribution is 2.47. The average Bonchev–Trinajstić information content (AvgIpc) is 2.62. The number of nitrogens with zero attached hydrogens (tertiary/aromatic N) is 2. The highest BCUT2D eigenvalue weighted by atomic mass is 15.2. The van der Waals surface area contributed by atoms with Gasteiger partial charge in [0.2, 0.25) is 0 Å². The quantitative estimate of drug-likeness (QED) is 0.897. The molecule has 4 nitrogen and oxygen atoms in total. The van der Waals surface area contributed by atoms with Gasteiger partial charge in [-0.15, -0.1) is 0 Å². The van der Waals surface area contributed by atoms with Crippen molar-refractivity contribution in [3.8, 4) is 0 Å². The van der Waals surface area contributed by atoms with Gasteiger partial charge in [0.05, 0.1) is 0 Å². The molecule has 3 atom stereocenters. The second kappa shape index (κ2) is 5.73. The number of aromatic nitrogens is 1. The molecule has 1 aromatic heterocycles. The molecule has 2 unspecified atom stereocenters. The topological polar surface area (TPSA) is 40.2 Å². The van der Waals surface area contributed by atoms with Crippen molar-refractivity contribution in [1.82, 2.24) is 10.3 Å². The largest absolute Gasteiger partial charge is 0.368 e. The van der Waals surface area contributed by atoms with Crippen LogP contribution < -0.4 is 15.5 Å². The Labute approximate surface area is 134 Å². The molecule has 2 heterocycles. The summed E-state index contributed by atoms with van der Waals surface area (Å²) in [4.78, 5) is 6.94. The summed E-state index contributed by atoms with van der Waals surface area (Å²) in [6, 6.07) is 5.46. The maximum Gasteiger partial charge on any atom is 0.128 e. The molecule has 1 aliphatic heterocycles. The molecule has 3 rings (SSSR count). The first-order valence-corrected chi connectivity index (χ1v) is 8.56. The van der Waals surface area contributed by atoms with Gasteiger partial charge in [0.25, 0.3) is 0 Å². The van der Waals surface area contributed by atoms with Gasteiger partial charge in [0.1, 0.15) is 5.82 Å². The van der Waals surface area contributed by atoms with E-state index in [9.17, 15) is 0 Å². The average molecular weight is 302 g/mol. The van der Waals surface area contributed by atoms with Crippen molar-refractivity contribution in [3.05, 3.63) is 18.3 Å². The molecule has 1 saturated carbocycles. The van der Waals surface area contributed by atoms with Gasteiger partial charge in [0.15, 0.2) is 0 Å². The van der Waals surface area contributed by atoms with Crippen LogP contribution in [0.3, 0.4) is 0 Å². The third kappa shape index (κ3) is 2.69. The minimum Gasteiger partial charge on any atom is -0.368 e. The molecule has 0 bridgehead atoms. The van der Waals surface area contributed by atoms with Crippen molar-refractivity contribution in [3.63, 3.8) is 0 Å². The van der Waals surface area contributed by atoms with Crippen molar-refractivity contribution in [1.29, 1.82) is 0 Å². The maximum atomic E-state index is 4.54. The summed E-state index contributed by atoms with van der Waals surface area (Å²) in [6.07, 6.45) is 3.16. The van der Waals surface area contributed by atoms with E-state index in [1.54, 1.807) is 0 Å². The van der Waals surface area contributed by atoms with E-state index in [4.69, 9.17) is 0 Å². The van der Waals surface area contributed by atoms with E-state index in [1.165, 1.54) is 12.1 Å². The van der Waals surface area contributed by atoms with Crippen LogP contribution in [0.1, 0.15) is 34.1 Å². The van der Waals surface area contributed by atoms with Crippen molar-refractivity contribution in [2.24, 2.45) is 17.3 Å². The molecule has 1 aromatic rings. The lowest BCUT2D eigenvalue weighted by molar-refractivity contribution is 0.209. The molecule has 2 aliphatic rings. The summed E-state index contributed by atoms with van der Waals surface area (Å²) < 4.78 is 0. The zero-order chi connectivity index (χ0) is 15.9. The summed E-state index contributed by atoms with van der Waals surface area (Å²) in [7, 11) is 2.03. The molecule has 1 saturated heterocycles. The molecular weight excluding hydrogens is 272 g/mol. The molecule has 0 aromatic carbocycles. The highest BCUT2D eigenvalue weighted by molar-refractivity contribution is 5.56. The molecule has 122 valence electrons. The Bertz CT molecular complexity index is 522. The van der Waals surface area contributed by atoms with Crippen LogP contribution in [-0.4, -0.2) is 37.2 Å². The van der Waals surface area contributed by atoms with Crippen molar-refractivity contribution < 1.29 is 0 Å². The molecule has 22 heavy (non-hydrogen) atoms. The smallest absolute Gasteiger partial charge is 0.128 e. The van der Waals surface area contributed by atoms with Crippen LogP contribution in [0, 0.1) is 17.3 Å². The van der Waals surface area contributed by atoms with E-state index in [0.717, 1.165) is 24.8 Å². The van der Waals surface area contributed by atoms with Gasteiger partial charge in [0, 0.05) is 43.1 Å². The molecule has 0 radical (unpaired) electrons. The van der Waals surface area contributed by atoms with Gasteiger partial charge in [-0.25, -0.2) is 4.98 Å². The molecule has 1 aliphatic carbocycles. The lowest BCUT2D eigenvalue weighted by atomic mass is 9.77. The van der Waals surface area contributed by atoms with Gasteiger partial charge >= 0.3 is 0 Å². The predicted molar refractivity (Wildman–Crippen MR) is 93.4 cm³/mol. The number of anilines is 2. The van der Waals surface area contributed by atoms with Crippen LogP contribution in [0.5, 0.6) is 0 Å². The fourth-order valence-corrected chi connectivity index (χ4v) is 3.80. The monoisotopic (exact) mass is 302 g/mol. The van der Waals surface area contributed by atoms with E-state index in [-0.39, 0.29) is 0 Å². The molecule has 2 fully saturated rings. The summed E-state index contributed by atoms with van der Waals surface area (Å²) in [5.74, 6) is 2.42. The lowest BCUT2D eigenvalue weighted by Gasteiger charge is -2.41. The molecule has 4 heteroatoms. The van der Waals surface area contributed by atoms with E-state index in [2.05, 4.69) is 60.3 Å². The number of nitrogens with one attached hydrogen (secondary N) is 2. The summed E-state index contributed by atoms with van der Waals surface area (Å²) in [5, 5.41) is 7.01. The first-order valence-electron chi connectivity index (χ1n) is 8.56. The van der Waals surface area contributed by atoms with Crippen LogP contribution >= 0.6 is 0 Å². The highest BCUT2D eigenvalue weighted by Gasteiger charge is 2.44. The lowest BCUT2D eigenvalue weighted by Crippen LogP contribution is -2.57. The SMILES string of the molecule is CNC1CN(c2ccnc(NC3C[C@H](C)C(C)(C)C3C)c2)C1. The zero-order valence-corrected chi connectivity index (χ0v) is 14.6. The first-order chi connectivity index (χ1) is 10.4. The van der Waals surface area contributed by atoms with Crippen LogP contribution in [-0.2, 0) is 0 Å². The Morgan fingerprint density at radius 3 is 2.59 bits per heavy atom. The maximum absolute atomic E-state index is 4.54. The van der Waals surface area contributed by atoms with Gasteiger partial charge in [-0.05, 0) is 36.8 Å². The number of hydrogen-bond acceptors (Lipinski definition) is 4. The number of hydrogen-bond donors (Lipinski definition) is 2. The number of rotatable bonds is 4. The second-order valence-electron chi connectivity index (χ2n) is 7.79. The van der Waals surface area contributed by atoms with Crippen LogP contribution in [0.25, 0.3) is 0 Å². The number of likely N-dealkylation sites (N-methyl/N-ethyl adjacent to an activating group) is 1. The molecule has 2 N–H and O–H groups in total. The fraction of sp³-hybridized carbons (Fsp3) is 0.722. The Balaban J connectivity index is 1.67. The molecule has 0 spiro atoms. The minimum absolute atomic E-state index is 0.396. The summed E-state index contributed by atoms with van der Waals surface area (Å²) >= 11 is 0. The van der Waals surface area contributed by atoms with Crippen molar-refractivity contribution in [2.75, 3.05) is 30.4 Å². The Kier molecular flexibility index (Phi) is 4.06. The van der Waals surface area contributed by atoms with Crippen molar-refractivity contribution >= 4 is 11.5 Å². The second-order valence-corrected chi connectivity index (χ2v) is 7.79. The van der Waals surface area contributed by atoms with E-state index in [0.29, 0.717) is 23.4 Å². The van der Waals surface area contributed by atoms with Gasteiger partial charge in [-0.2, -0.15) is 0 Å². The van der Waals surface area contributed by atoms with E-state index in [1.807, 2.05) is 13.2 Å². The Morgan fingerprint density at radius 1 is 1.27 bits per heavy atom. The summed E-state index contributed by atoms with van der Waals surface area (Å²) in [6.45, 7) is 11.7. The van der Waals surface area contributed by atoms with Gasteiger partial charge < -0.3 is 15.5 Å². The van der Waals surface area contributed by atoms with Gasteiger partial charge in [-0.1, -0.05) is 27.7 Å². The Morgan fingerprint density at radius 2 is 2.00 bits per heavy atom. The normalized spacial score (nSPS) is 31.1. The number of pyridine rings is 1. The fourth-order valence-electron chi connectivity index (χ4n) is 3.80. The molecule has 0 amide bonds. The Hall–Kier alpha value is -1.29. The van der Waals surface area contributed by atoms with Crippen LogP contribution in [0.15, 0.2) is 18.3 Å². The predicted octanol–water partition coefficient (Wildman–Crippen LogP) is 2.97. The third-order valence-corrected chi connectivity index (χ3v) is 6.39. The zero-order valence-electron chi connectivity index (χ0n) is 14.6. The van der Waals surface area contributed by atoms with Crippen LogP contribution in [0.4, 0.5) is 11.5 Å². The standard InChI is InChI=1S/C18H30N4/c1-12-8-16(13(2)18(12,3)4)21-17-9-15(6-7-20-17)22-10-14(11-22)19-5/h6-7,9,12-14,16,19H,8,10-11H2,1-5H3,(H,20,21)/t12-,13?,16?/m0/s1. The van der Waals surface area contributed by atoms with Crippen molar-refractivity contribution in [2.45, 2.75) is 46.2 Å². The van der Waals surface area contributed by atoms with Crippen LogP contribution in [0.2, 0.25) is 0 Å².